The van der Waals surface area contributed by atoms with Crippen LogP contribution in [0.3, 0.4) is 0 Å². The SMILES string of the molecule is Cc1ccccc1NC(=O)COc1cccc(-c2noc(-c3cccc(F)c3)n2)c1. The number of nitrogens with zero attached hydrogens (tertiary/aromatic N) is 2. The van der Waals surface area contributed by atoms with Gasteiger partial charge in [0.05, 0.1) is 0 Å². The third-order valence-electron chi connectivity index (χ3n) is 4.38. The summed E-state index contributed by atoms with van der Waals surface area (Å²) < 4.78 is 24.3. The van der Waals surface area contributed by atoms with Crippen LogP contribution in [-0.2, 0) is 4.79 Å². The van der Waals surface area contributed by atoms with Gasteiger partial charge < -0.3 is 14.6 Å². The number of halogens is 1. The zero-order valence-electron chi connectivity index (χ0n) is 16.1. The first-order valence-electron chi connectivity index (χ1n) is 9.27. The molecule has 4 aromatic rings. The zero-order chi connectivity index (χ0) is 20.9. The summed E-state index contributed by atoms with van der Waals surface area (Å²) in [4.78, 5) is 16.5. The summed E-state index contributed by atoms with van der Waals surface area (Å²) in [7, 11) is 0. The maximum Gasteiger partial charge on any atom is 0.262 e. The molecule has 0 bridgehead atoms. The molecule has 7 heteroatoms. The van der Waals surface area contributed by atoms with E-state index < -0.39 is 0 Å². The number of hydrogen-bond donors (Lipinski definition) is 1. The molecular formula is C23H18FN3O3. The van der Waals surface area contributed by atoms with Crippen molar-refractivity contribution in [3.63, 3.8) is 0 Å². The Morgan fingerprint density at radius 3 is 2.67 bits per heavy atom. The van der Waals surface area contributed by atoms with Crippen molar-refractivity contribution < 1.29 is 18.4 Å². The Kier molecular flexibility index (Phi) is 5.52. The summed E-state index contributed by atoms with van der Waals surface area (Å²) >= 11 is 0. The molecule has 0 unspecified atom stereocenters. The van der Waals surface area contributed by atoms with Crippen LogP contribution in [0.5, 0.6) is 5.75 Å². The summed E-state index contributed by atoms with van der Waals surface area (Å²) in [6, 6.07) is 20.4. The molecule has 0 aliphatic carbocycles. The van der Waals surface area contributed by atoms with Gasteiger partial charge in [-0.15, -0.1) is 0 Å². The number of carbonyl (C=O) groups excluding carboxylic acids is 1. The van der Waals surface area contributed by atoms with Crippen molar-refractivity contribution in [1.29, 1.82) is 0 Å². The molecule has 0 aliphatic rings. The van der Waals surface area contributed by atoms with E-state index in [1.807, 2.05) is 31.2 Å². The van der Waals surface area contributed by atoms with E-state index in [2.05, 4.69) is 15.5 Å². The molecule has 0 radical (unpaired) electrons. The lowest BCUT2D eigenvalue weighted by Gasteiger charge is -2.09. The van der Waals surface area contributed by atoms with Crippen LogP contribution in [0.4, 0.5) is 10.1 Å². The number of anilines is 1. The van der Waals surface area contributed by atoms with E-state index >= 15 is 0 Å². The van der Waals surface area contributed by atoms with Gasteiger partial charge in [-0.3, -0.25) is 4.79 Å². The molecule has 0 atom stereocenters. The van der Waals surface area contributed by atoms with Crippen molar-refractivity contribution in [2.75, 3.05) is 11.9 Å². The maximum absolute atomic E-state index is 13.4. The molecule has 0 spiro atoms. The molecule has 0 saturated heterocycles. The van der Waals surface area contributed by atoms with Gasteiger partial charge in [-0.1, -0.05) is 41.6 Å². The Morgan fingerprint density at radius 2 is 1.83 bits per heavy atom. The van der Waals surface area contributed by atoms with Crippen LogP contribution >= 0.6 is 0 Å². The molecule has 1 aromatic heterocycles. The van der Waals surface area contributed by atoms with Gasteiger partial charge in [-0.05, 0) is 48.9 Å². The quantitative estimate of drug-likeness (QED) is 0.497. The highest BCUT2D eigenvalue weighted by atomic mass is 19.1. The number of aryl methyl sites for hydroxylation is 1. The van der Waals surface area contributed by atoms with Gasteiger partial charge in [0, 0.05) is 16.8 Å². The Balaban J connectivity index is 1.43. The number of benzene rings is 3. The largest absolute Gasteiger partial charge is 0.484 e. The highest BCUT2D eigenvalue weighted by Gasteiger charge is 2.12. The number of nitrogens with one attached hydrogen (secondary N) is 1. The molecule has 0 aliphatic heterocycles. The molecule has 4 rings (SSSR count). The van der Waals surface area contributed by atoms with E-state index in [-0.39, 0.29) is 24.2 Å². The summed E-state index contributed by atoms with van der Waals surface area (Å²) in [6.45, 7) is 1.78. The first-order valence-corrected chi connectivity index (χ1v) is 9.27. The minimum absolute atomic E-state index is 0.140. The molecule has 6 nitrogen and oxygen atoms in total. The number of amides is 1. The predicted molar refractivity (Wildman–Crippen MR) is 110 cm³/mol. The molecule has 0 fully saturated rings. The average Bonchev–Trinajstić information content (AvgIpc) is 3.25. The number of hydrogen-bond acceptors (Lipinski definition) is 5. The second-order valence-corrected chi connectivity index (χ2v) is 6.61. The second kappa shape index (κ2) is 8.57. The highest BCUT2D eigenvalue weighted by molar-refractivity contribution is 5.92. The third kappa shape index (κ3) is 4.52. The molecule has 1 amide bonds. The van der Waals surface area contributed by atoms with Crippen molar-refractivity contribution in [3.8, 4) is 28.6 Å². The van der Waals surface area contributed by atoms with Gasteiger partial charge in [0.15, 0.2) is 6.61 Å². The maximum atomic E-state index is 13.4. The van der Waals surface area contributed by atoms with Crippen molar-refractivity contribution in [3.05, 3.63) is 84.2 Å². The second-order valence-electron chi connectivity index (χ2n) is 6.61. The lowest BCUT2D eigenvalue weighted by atomic mass is 10.2. The number of para-hydroxylation sites is 1. The first-order chi connectivity index (χ1) is 14.6. The highest BCUT2D eigenvalue weighted by Crippen LogP contribution is 2.25. The van der Waals surface area contributed by atoms with Crippen LogP contribution in [0.25, 0.3) is 22.8 Å². The van der Waals surface area contributed by atoms with Gasteiger partial charge in [-0.25, -0.2) is 4.39 Å². The Hall–Kier alpha value is -4.00. The van der Waals surface area contributed by atoms with Crippen LogP contribution in [0.15, 0.2) is 77.3 Å². The zero-order valence-corrected chi connectivity index (χ0v) is 16.1. The molecule has 150 valence electrons. The summed E-state index contributed by atoms with van der Waals surface area (Å²) in [5, 5.41) is 6.77. The topological polar surface area (TPSA) is 77.2 Å². The van der Waals surface area contributed by atoms with Crippen LogP contribution in [0.2, 0.25) is 0 Å². The van der Waals surface area contributed by atoms with E-state index in [1.165, 1.54) is 12.1 Å². The van der Waals surface area contributed by atoms with E-state index in [1.54, 1.807) is 36.4 Å². The van der Waals surface area contributed by atoms with Gasteiger partial charge >= 0.3 is 0 Å². The van der Waals surface area contributed by atoms with E-state index in [9.17, 15) is 9.18 Å². The minimum Gasteiger partial charge on any atom is -0.484 e. The molecular weight excluding hydrogens is 385 g/mol. The van der Waals surface area contributed by atoms with E-state index in [0.717, 1.165) is 11.3 Å². The fourth-order valence-corrected chi connectivity index (χ4v) is 2.85. The van der Waals surface area contributed by atoms with Crippen molar-refractivity contribution in [1.82, 2.24) is 10.1 Å². The first kappa shape index (κ1) is 19.3. The van der Waals surface area contributed by atoms with Gasteiger partial charge in [0.2, 0.25) is 5.82 Å². The lowest BCUT2D eigenvalue weighted by Crippen LogP contribution is -2.20. The van der Waals surface area contributed by atoms with E-state index in [0.29, 0.717) is 22.7 Å². The third-order valence-corrected chi connectivity index (χ3v) is 4.38. The van der Waals surface area contributed by atoms with Gasteiger partial charge in [0.1, 0.15) is 11.6 Å². The number of rotatable bonds is 6. The number of ether oxygens (including phenoxy) is 1. The molecule has 0 saturated carbocycles. The smallest absolute Gasteiger partial charge is 0.262 e. The molecule has 1 heterocycles. The summed E-state index contributed by atoms with van der Waals surface area (Å²) in [6.07, 6.45) is 0. The Labute approximate surface area is 172 Å². The van der Waals surface area contributed by atoms with Crippen molar-refractivity contribution in [2.45, 2.75) is 6.92 Å². The normalized spacial score (nSPS) is 10.6. The van der Waals surface area contributed by atoms with Crippen LogP contribution in [0, 0.1) is 12.7 Å². The monoisotopic (exact) mass is 403 g/mol. The Morgan fingerprint density at radius 1 is 1.03 bits per heavy atom. The van der Waals surface area contributed by atoms with Crippen molar-refractivity contribution >= 4 is 11.6 Å². The summed E-state index contributed by atoms with van der Waals surface area (Å²) in [5.74, 6) is 0.399. The molecule has 1 N–H and O–H groups in total. The number of aromatic nitrogens is 2. The van der Waals surface area contributed by atoms with Gasteiger partial charge in [-0.2, -0.15) is 4.98 Å². The minimum atomic E-state index is -0.383. The average molecular weight is 403 g/mol. The lowest BCUT2D eigenvalue weighted by molar-refractivity contribution is -0.118. The molecule has 3 aromatic carbocycles. The standard InChI is InChI=1S/C23H18FN3O3/c1-15-6-2-3-11-20(15)25-21(28)14-29-19-10-5-7-16(13-19)22-26-23(30-27-22)17-8-4-9-18(24)12-17/h2-13H,14H2,1H3,(H,25,28). The Bertz CT molecular complexity index is 1190. The molecule has 30 heavy (non-hydrogen) atoms. The van der Waals surface area contributed by atoms with E-state index in [4.69, 9.17) is 9.26 Å². The van der Waals surface area contributed by atoms with Crippen LogP contribution in [-0.4, -0.2) is 22.7 Å². The number of carbonyl (C=O) groups is 1. The fourth-order valence-electron chi connectivity index (χ4n) is 2.85. The van der Waals surface area contributed by atoms with Crippen LogP contribution in [0.1, 0.15) is 5.56 Å². The fraction of sp³-hybridized carbons (Fsp3) is 0.0870. The van der Waals surface area contributed by atoms with Crippen LogP contribution < -0.4 is 10.1 Å². The van der Waals surface area contributed by atoms with Gasteiger partial charge in [0.25, 0.3) is 11.8 Å². The summed E-state index contributed by atoms with van der Waals surface area (Å²) in [5.41, 5.74) is 2.86. The van der Waals surface area contributed by atoms with Crippen molar-refractivity contribution in [2.24, 2.45) is 0 Å². The predicted octanol–water partition coefficient (Wildman–Crippen LogP) is 4.87.